The van der Waals surface area contributed by atoms with E-state index in [1.807, 2.05) is 32.9 Å². The molecule has 0 spiro atoms. The number of benzene rings is 1. The number of aryl methyl sites for hydroxylation is 1. The predicted molar refractivity (Wildman–Crippen MR) is 128 cm³/mol. The monoisotopic (exact) mass is 525 g/mol. The number of thiophene rings is 1. The van der Waals surface area contributed by atoms with Gasteiger partial charge in [-0.05, 0) is 62.4 Å². The van der Waals surface area contributed by atoms with Crippen molar-refractivity contribution in [3.63, 3.8) is 0 Å². The highest BCUT2D eigenvalue weighted by Gasteiger charge is 2.27. The molecule has 0 unspecified atom stereocenters. The van der Waals surface area contributed by atoms with Gasteiger partial charge in [-0.15, -0.1) is 11.3 Å². The summed E-state index contributed by atoms with van der Waals surface area (Å²) in [6, 6.07) is 3.87. The number of esters is 2. The summed E-state index contributed by atoms with van der Waals surface area (Å²) >= 11 is 4.51. The topological polar surface area (TPSA) is 90.9 Å². The molecule has 0 bridgehead atoms. The van der Waals surface area contributed by atoms with Crippen molar-refractivity contribution in [1.29, 1.82) is 0 Å². The third-order valence-electron chi connectivity index (χ3n) is 4.61. The summed E-state index contributed by atoms with van der Waals surface area (Å²) in [4.78, 5) is 37.6. The molecule has 174 valence electrons. The van der Waals surface area contributed by atoms with Crippen LogP contribution in [-0.2, 0) is 14.3 Å². The lowest BCUT2D eigenvalue weighted by atomic mass is 10.0. The van der Waals surface area contributed by atoms with E-state index in [2.05, 4.69) is 21.2 Å². The van der Waals surface area contributed by atoms with Crippen LogP contribution in [0.2, 0.25) is 0 Å². The second-order valence-corrected chi connectivity index (χ2v) is 9.21. The SMILES string of the molecule is CCOC(=O)c1sc(NC(=O)COc2cc(C)c(Br)cc2C(C)C)c(C(=O)OCC)c1C. The summed E-state index contributed by atoms with van der Waals surface area (Å²) < 4.78 is 16.9. The van der Waals surface area contributed by atoms with E-state index in [-0.39, 0.29) is 41.2 Å². The van der Waals surface area contributed by atoms with Gasteiger partial charge in [0.25, 0.3) is 5.91 Å². The summed E-state index contributed by atoms with van der Waals surface area (Å²) in [5.74, 6) is -0.797. The van der Waals surface area contributed by atoms with Crippen molar-refractivity contribution in [2.45, 2.75) is 47.5 Å². The van der Waals surface area contributed by atoms with Crippen LogP contribution < -0.4 is 10.1 Å². The van der Waals surface area contributed by atoms with Crippen molar-refractivity contribution in [3.8, 4) is 5.75 Å². The van der Waals surface area contributed by atoms with Crippen LogP contribution in [0.3, 0.4) is 0 Å². The van der Waals surface area contributed by atoms with Crippen LogP contribution in [-0.4, -0.2) is 37.7 Å². The molecule has 0 saturated heterocycles. The van der Waals surface area contributed by atoms with Crippen LogP contribution in [0.25, 0.3) is 0 Å². The molecule has 7 nitrogen and oxygen atoms in total. The average molecular weight is 526 g/mol. The molecule has 1 aromatic carbocycles. The van der Waals surface area contributed by atoms with Crippen LogP contribution >= 0.6 is 27.3 Å². The van der Waals surface area contributed by atoms with Gasteiger partial charge < -0.3 is 19.5 Å². The average Bonchev–Trinajstić information content (AvgIpc) is 3.04. The normalized spacial score (nSPS) is 10.8. The van der Waals surface area contributed by atoms with Gasteiger partial charge in [-0.3, -0.25) is 4.79 Å². The second kappa shape index (κ2) is 11.5. The maximum Gasteiger partial charge on any atom is 0.348 e. The molecule has 1 aromatic heterocycles. The molecule has 1 amide bonds. The molecule has 1 N–H and O–H groups in total. The number of anilines is 1. The molecule has 32 heavy (non-hydrogen) atoms. The summed E-state index contributed by atoms with van der Waals surface area (Å²) in [6.07, 6.45) is 0. The van der Waals surface area contributed by atoms with Gasteiger partial charge >= 0.3 is 11.9 Å². The van der Waals surface area contributed by atoms with E-state index in [0.717, 1.165) is 26.9 Å². The minimum absolute atomic E-state index is 0.149. The van der Waals surface area contributed by atoms with Gasteiger partial charge in [0.15, 0.2) is 6.61 Å². The molecular weight excluding hydrogens is 498 g/mol. The third-order valence-corrected chi connectivity index (χ3v) is 6.65. The lowest BCUT2D eigenvalue weighted by Crippen LogP contribution is -2.21. The number of carbonyl (C=O) groups is 3. The molecule has 0 fully saturated rings. The molecular formula is C23H28BrNO6S. The first-order valence-corrected chi connectivity index (χ1v) is 11.9. The van der Waals surface area contributed by atoms with Crippen molar-refractivity contribution in [3.05, 3.63) is 43.7 Å². The molecule has 1 heterocycles. The highest BCUT2D eigenvalue weighted by molar-refractivity contribution is 9.10. The number of halogens is 1. The van der Waals surface area contributed by atoms with Crippen LogP contribution in [0.4, 0.5) is 5.00 Å². The van der Waals surface area contributed by atoms with E-state index in [1.165, 1.54) is 0 Å². The number of carbonyl (C=O) groups excluding carboxylic acids is 3. The summed E-state index contributed by atoms with van der Waals surface area (Å²) in [5.41, 5.74) is 2.52. The first-order valence-electron chi connectivity index (χ1n) is 10.3. The van der Waals surface area contributed by atoms with Gasteiger partial charge in [0.1, 0.15) is 15.6 Å². The Morgan fingerprint density at radius 1 is 1.06 bits per heavy atom. The Morgan fingerprint density at radius 2 is 1.69 bits per heavy atom. The first kappa shape index (κ1) is 25.9. The Balaban J connectivity index is 2.26. The van der Waals surface area contributed by atoms with E-state index in [0.29, 0.717) is 11.3 Å². The zero-order chi connectivity index (χ0) is 24.0. The fourth-order valence-corrected chi connectivity index (χ4v) is 4.46. The molecule has 0 aliphatic carbocycles. The zero-order valence-corrected chi connectivity index (χ0v) is 21.5. The minimum Gasteiger partial charge on any atom is -0.483 e. The summed E-state index contributed by atoms with van der Waals surface area (Å²) in [5, 5.41) is 2.92. The zero-order valence-electron chi connectivity index (χ0n) is 19.1. The van der Waals surface area contributed by atoms with Crippen LogP contribution in [0.15, 0.2) is 16.6 Å². The van der Waals surface area contributed by atoms with Crippen molar-refractivity contribution < 1.29 is 28.6 Å². The third kappa shape index (κ3) is 6.10. The smallest absolute Gasteiger partial charge is 0.348 e. The Hall–Kier alpha value is -2.39. The number of rotatable bonds is 9. The fourth-order valence-electron chi connectivity index (χ4n) is 2.99. The van der Waals surface area contributed by atoms with Gasteiger partial charge in [-0.2, -0.15) is 0 Å². The highest BCUT2D eigenvalue weighted by atomic mass is 79.9. The Morgan fingerprint density at radius 3 is 2.28 bits per heavy atom. The first-order chi connectivity index (χ1) is 15.1. The van der Waals surface area contributed by atoms with Gasteiger partial charge in [-0.25, -0.2) is 9.59 Å². The maximum absolute atomic E-state index is 12.7. The van der Waals surface area contributed by atoms with E-state index in [1.54, 1.807) is 20.8 Å². The number of amides is 1. The molecule has 2 rings (SSSR count). The van der Waals surface area contributed by atoms with Crippen LogP contribution in [0.1, 0.15) is 70.3 Å². The van der Waals surface area contributed by atoms with Crippen LogP contribution in [0.5, 0.6) is 5.75 Å². The highest BCUT2D eigenvalue weighted by Crippen LogP contribution is 2.35. The van der Waals surface area contributed by atoms with E-state index in [4.69, 9.17) is 14.2 Å². The Kier molecular flexibility index (Phi) is 9.27. The van der Waals surface area contributed by atoms with Crippen molar-refractivity contribution in [2.75, 3.05) is 25.1 Å². The Bertz CT molecular complexity index is 1010. The van der Waals surface area contributed by atoms with E-state index in [9.17, 15) is 14.4 Å². The summed E-state index contributed by atoms with van der Waals surface area (Å²) in [6.45, 7) is 11.1. The molecule has 0 aliphatic rings. The van der Waals surface area contributed by atoms with Gasteiger partial charge in [0.2, 0.25) is 0 Å². The molecule has 0 atom stereocenters. The fraction of sp³-hybridized carbons (Fsp3) is 0.435. The quantitative estimate of drug-likeness (QED) is 0.427. The maximum atomic E-state index is 12.7. The van der Waals surface area contributed by atoms with Gasteiger partial charge in [0.05, 0.1) is 18.8 Å². The lowest BCUT2D eigenvalue weighted by molar-refractivity contribution is -0.118. The minimum atomic E-state index is -0.612. The molecule has 0 radical (unpaired) electrons. The predicted octanol–water partition coefficient (Wildman–Crippen LogP) is 5.62. The van der Waals surface area contributed by atoms with Gasteiger partial charge in [-0.1, -0.05) is 29.8 Å². The van der Waals surface area contributed by atoms with Gasteiger partial charge in [0, 0.05) is 4.47 Å². The number of hydrogen-bond donors (Lipinski definition) is 1. The van der Waals surface area contributed by atoms with Crippen molar-refractivity contribution in [2.24, 2.45) is 0 Å². The lowest BCUT2D eigenvalue weighted by Gasteiger charge is -2.16. The number of nitrogens with one attached hydrogen (secondary N) is 1. The van der Waals surface area contributed by atoms with Crippen molar-refractivity contribution >= 4 is 50.1 Å². The molecule has 0 aliphatic heterocycles. The molecule has 2 aromatic rings. The second-order valence-electron chi connectivity index (χ2n) is 7.33. The molecule has 9 heteroatoms. The van der Waals surface area contributed by atoms with Crippen LogP contribution in [0, 0.1) is 13.8 Å². The largest absolute Gasteiger partial charge is 0.483 e. The van der Waals surface area contributed by atoms with Crippen molar-refractivity contribution in [1.82, 2.24) is 0 Å². The summed E-state index contributed by atoms with van der Waals surface area (Å²) in [7, 11) is 0. The number of hydrogen-bond acceptors (Lipinski definition) is 7. The number of ether oxygens (including phenoxy) is 3. The van der Waals surface area contributed by atoms with E-state index >= 15 is 0 Å². The van der Waals surface area contributed by atoms with E-state index < -0.39 is 17.8 Å². The standard InChI is InChI=1S/C23H28BrNO6S/c1-7-29-22(27)19-14(6)20(23(28)30-8-2)32-21(19)25-18(26)11-31-17-9-13(5)16(24)10-15(17)12(3)4/h9-10,12H,7-8,11H2,1-6H3,(H,25,26). The Labute approximate surface area is 200 Å². The molecule has 0 saturated carbocycles.